The highest BCUT2D eigenvalue weighted by molar-refractivity contribution is 5.48. The van der Waals surface area contributed by atoms with E-state index in [4.69, 9.17) is 0 Å². The molecule has 0 saturated carbocycles. The van der Waals surface area contributed by atoms with Crippen LogP contribution in [0.5, 0.6) is 11.6 Å². The number of rotatable bonds is 3. The maximum Gasteiger partial charge on any atom is 0.574 e. The molecule has 20 heavy (non-hydrogen) atoms. The van der Waals surface area contributed by atoms with E-state index in [9.17, 15) is 35.1 Å². The zero-order chi connectivity index (χ0) is 15.7. The van der Waals surface area contributed by atoms with Gasteiger partial charge in [-0.05, 0) is 0 Å². The van der Waals surface area contributed by atoms with Crippen molar-refractivity contribution in [3.63, 3.8) is 0 Å². The normalized spacial score (nSPS) is 12.7. The lowest BCUT2D eigenvalue weighted by molar-refractivity contribution is -0.278. The zero-order valence-corrected chi connectivity index (χ0v) is 9.44. The van der Waals surface area contributed by atoms with Gasteiger partial charge in [-0.2, -0.15) is 13.2 Å². The topological polar surface area (TPSA) is 31.4 Å². The van der Waals surface area contributed by atoms with Crippen molar-refractivity contribution in [3.8, 4) is 11.6 Å². The third-order valence-corrected chi connectivity index (χ3v) is 1.96. The molecule has 0 bridgehead atoms. The van der Waals surface area contributed by atoms with Crippen molar-refractivity contribution < 1.29 is 44.6 Å². The Kier molecular flexibility index (Phi) is 4.30. The average Bonchev–Trinajstić information content (AvgIpc) is 2.23. The first-order chi connectivity index (χ1) is 8.97. The minimum atomic E-state index is -5.47. The molecule has 0 radical (unpaired) electrons. The van der Waals surface area contributed by atoms with Gasteiger partial charge < -0.3 is 9.47 Å². The maximum atomic E-state index is 12.7. The fraction of sp³-hybridized carbons (Fsp3) is 0.444. The van der Waals surface area contributed by atoms with Crippen LogP contribution >= 0.6 is 0 Å². The van der Waals surface area contributed by atoms with Gasteiger partial charge >= 0.3 is 12.5 Å². The van der Waals surface area contributed by atoms with Gasteiger partial charge in [-0.25, -0.2) is 13.8 Å². The Morgan fingerprint density at radius 3 is 2.00 bits per heavy atom. The average molecular weight is 311 g/mol. The number of methoxy groups -OCH3 is 1. The first-order valence-corrected chi connectivity index (χ1v) is 4.65. The Morgan fingerprint density at radius 2 is 1.65 bits per heavy atom. The molecule has 0 saturated heterocycles. The number of halogens is 8. The van der Waals surface area contributed by atoms with E-state index >= 15 is 0 Å². The van der Waals surface area contributed by atoms with Gasteiger partial charge in [0.1, 0.15) is 5.75 Å². The first-order valence-electron chi connectivity index (χ1n) is 4.65. The molecule has 114 valence electrons. The van der Waals surface area contributed by atoms with Gasteiger partial charge in [0.25, 0.3) is 6.43 Å². The summed E-state index contributed by atoms with van der Waals surface area (Å²) < 4.78 is 106. The molecule has 0 amide bonds. The van der Waals surface area contributed by atoms with E-state index in [1.54, 1.807) is 0 Å². The van der Waals surface area contributed by atoms with Gasteiger partial charge in [-0.15, -0.1) is 13.2 Å². The van der Waals surface area contributed by atoms with Crippen molar-refractivity contribution in [2.45, 2.75) is 19.0 Å². The van der Waals surface area contributed by atoms with Gasteiger partial charge in [0.05, 0.1) is 12.7 Å². The van der Waals surface area contributed by atoms with Crippen LogP contribution in [-0.2, 0) is 6.18 Å². The second-order valence-corrected chi connectivity index (χ2v) is 3.27. The van der Waals surface area contributed by atoms with Gasteiger partial charge in [0.15, 0.2) is 5.56 Å². The van der Waals surface area contributed by atoms with Crippen LogP contribution in [0.1, 0.15) is 17.6 Å². The summed E-state index contributed by atoms with van der Waals surface area (Å²) in [5.41, 5.74) is -3.45. The molecule has 0 aliphatic rings. The lowest BCUT2D eigenvalue weighted by atomic mass is 10.1. The Hall–Kier alpha value is -1.81. The van der Waals surface area contributed by atoms with Gasteiger partial charge in [0.2, 0.25) is 5.88 Å². The largest absolute Gasteiger partial charge is 0.574 e. The van der Waals surface area contributed by atoms with Crippen LogP contribution < -0.4 is 9.47 Å². The SMILES string of the molecule is COc1c(C(F)F)cnc(OC(F)(F)F)c1C(F)(F)F. The van der Waals surface area contributed by atoms with Crippen molar-refractivity contribution in [2.24, 2.45) is 0 Å². The highest BCUT2D eigenvalue weighted by Gasteiger charge is 2.44. The van der Waals surface area contributed by atoms with Gasteiger partial charge in [0, 0.05) is 6.20 Å². The van der Waals surface area contributed by atoms with Crippen LogP contribution in [0.2, 0.25) is 0 Å². The number of pyridine rings is 1. The fourth-order valence-electron chi connectivity index (χ4n) is 1.31. The summed E-state index contributed by atoms with van der Waals surface area (Å²) in [6, 6.07) is 0. The summed E-state index contributed by atoms with van der Waals surface area (Å²) in [5.74, 6) is -3.38. The Labute approximate surface area is 106 Å². The van der Waals surface area contributed by atoms with Crippen molar-refractivity contribution >= 4 is 0 Å². The standard InChI is InChI=1S/C9H5F8NO2/c1-19-5-3(6(10)11)2-18-7(20-9(15,16)17)4(5)8(12,13)14/h2,6H,1H3. The van der Waals surface area contributed by atoms with E-state index in [-0.39, 0.29) is 6.20 Å². The minimum Gasteiger partial charge on any atom is -0.495 e. The summed E-state index contributed by atoms with van der Waals surface area (Å²) in [6.45, 7) is 0. The zero-order valence-electron chi connectivity index (χ0n) is 9.44. The lowest BCUT2D eigenvalue weighted by Crippen LogP contribution is -2.22. The maximum absolute atomic E-state index is 12.7. The summed E-state index contributed by atoms with van der Waals surface area (Å²) in [7, 11) is 0.605. The first kappa shape index (κ1) is 16.2. The van der Waals surface area contributed by atoms with Crippen molar-refractivity contribution in [2.75, 3.05) is 7.11 Å². The molecule has 0 unspecified atom stereocenters. The molecule has 0 aliphatic heterocycles. The highest BCUT2D eigenvalue weighted by Crippen LogP contribution is 2.46. The Balaban J connectivity index is 3.54. The minimum absolute atomic E-state index is 0.125. The molecule has 3 nitrogen and oxygen atoms in total. The second-order valence-electron chi connectivity index (χ2n) is 3.27. The van der Waals surface area contributed by atoms with Crippen molar-refractivity contribution in [3.05, 3.63) is 17.3 Å². The summed E-state index contributed by atoms with van der Waals surface area (Å²) in [5, 5.41) is 0. The summed E-state index contributed by atoms with van der Waals surface area (Å²) in [4.78, 5) is 2.64. The molecular weight excluding hydrogens is 306 g/mol. The molecule has 1 heterocycles. The fourth-order valence-corrected chi connectivity index (χ4v) is 1.31. The number of nitrogens with zero attached hydrogens (tertiary/aromatic N) is 1. The van der Waals surface area contributed by atoms with E-state index in [1.165, 1.54) is 0 Å². The summed E-state index contributed by atoms with van der Waals surface area (Å²) in [6.07, 6.45) is -14.2. The molecule has 0 fully saturated rings. The van der Waals surface area contributed by atoms with E-state index in [2.05, 4.69) is 14.5 Å². The van der Waals surface area contributed by atoms with E-state index in [1.807, 2.05) is 0 Å². The van der Waals surface area contributed by atoms with Crippen LogP contribution in [0.3, 0.4) is 0 Å². The van der Waals surface area contributed by atoms with Crippen molar-refractivity contribution in [1.82, 2.24) is 4.98 Å². The Morgan fingerprint density at radius 1 is 1.10 bits per heavy atom. The highest BCUT2D eigenvalue weighted by atomic mass is 19.4. The molecule has 11 heteroatoms. The summed E-state index contributed by atoms with van der Waals surface area (Å²) >= 11 is 0. The molecule has 0 N–H and O–H groups in total. The van der Waals surface area contributed by atoms with Crippen LogP contribution in [0, 0.1) is 0 Å². The van der Waals surface area contributed by atoms with Crippen LogP contribution in [-0.4, -0.2) is 18.5 Å². The molecule has 1 aromatic heterocycles. The van der Waals surface area contributed by atoms with Crippen LogP contribution in [0.4, 0.5) is 35.1 Å². The lowest BCUT2D eigenvalue weighted by Gasteiger charge is -2.18. The predicted molar refractivity (Wildman–Crippen MR) is 47.4 cm³/mol. The van der Waals surface area contributed by atoms with Crippen LogP contribution in [0.15, 0.2) is 6.20 Å². The van der Waals surface area contributed by atoms with Crippen LogP contribution in [0.25, 0.3) is 0 Å². The number of ether oxygens (including phenoxy) is 2. The second kappa shape index (κ2) is 5.29. The molecule has 0 spiro atoms. The quantitative estimate of drug-likeness (QED) is 0.792. The molecule has 1 aromatic rings. The molecule has 0 atom stereocenters. The van der Waals surface area contributed by atoms with E-state index in [0.29, 0.717) is 7.11 Å². The predicted octanol–water partition coefficient (Wildman–Crippen LogP) is 3.95. The van der Waals surface area contributed by atoms with Gasteiger partial charge in [-0.3, -0.25) is 0 Å². The number of alkyl halides is 8. The third-order valence-electron chi connectivity index (χ3n) is 1.96. The number of aromatic nitrogens is 1. The number of hydrogen-bond acceptors (Lipinski definition) is 3. The monoisotopic (exact) mass is 311 g/mol. The van der Waals surface area contributed by atoms with E-state index < -0.39 is 41.7 Å². The smallest absolute Gasteiger partial charge is 0.495 e. The molecule has 0 aromatic carbocycles. The molecule has 1 rings (SSSR count). The molecule has 0 aliphatic carbocycles. The Bertz CT molecular complexity index is 482. The van der Waals surface area contributed by atoms with Crippen molar-refractivity contribution in [1.29, 1.82) is 0 Å². The molecular formula is C9H5F8NO2. The van der Waals surface area contributed by atoms with Gasteiger partial charge in [-0.1, -0.05) is 0 Å². The number of hydrogen-bond donors (Lipinski definition) is 0. The van der Waals surface area contributed by atoms with E-state index in [0.717, 1.165) is 0 Å². The third kappa shape index (κ3) is 3.61.